The van der Waals surface area contributed by atoms with Crippen LogP contribution in [0.15, 0.2) is 45.6 Å². The number of anilines is 1. The molecule has 2 aromatic heterocycles. The summed E-state index contributed by atoms with van der Waals surface area (Å²) in [6.07, 6.45) is 4.92. The standard InChI is InChI=1S/C18H21BrN4O3/c19-14-5-6-16(20-9-14)22-18(25)13-3-1-7-23(11-13)12-17(24)21-10-15-4-2-8-26-15/h2,4-6,8-9,13H,1,3,7,10-12H2,(H,21,24)(H,20,22,25). The Hall–Kier alpha value is -2.19. The lowest BCUT2D eigenvalue weighted by Crippen LogP contribution is -2.45. The minimum atomic E-state index is -0.146. The van der Waals surface area contributed by atoms with Crippen molar-refractivity contribution >= 4 is 33.6 Å². The van der Waals surface area contributed by atoms with Crippen LogP contribution in [0.25, 0.3) is 0 Å². The van der Waals surface area contributed by atoms with E-state index in [2.05, 4.69) is 31.5 Å². The summed E-state index contributed by atoms with van der Waals surface area (Å²) < 4.78 is 6.06. The van der Waals surface area contributed by atoms with Gasteiger partial charge in [-0.2, -0.15) is 0 Å². The number of rotatable bonds is 6. The van der Waals surface area contributed by atoms with E-state index in [1.165, 1.54) is 0 Å². The normalized spacial score (nSPS) is 17.7. The Kier molecular flexibility index (Phi) is 6.40. The number of aromatic nitrogens is 1. The Labute approximate surface area is 160 Å². The highest BCUT2D eigenvalue weighted by atomic mass is 79.9. The third-order valence-electron chi connectivity index (χ3n) is 4.26. The van der Waals surface area contributed by atoms with Gasteiger partial charge >= 0.3 is 0 Å². The first-order valence-electron chi connectivity index (χ1n) is 8.54. The summed E-state index contributed by atoms with van der Waals surface area (Å²) in [5.41, 5.74) is 0. The molecule has 1 fully saturated rings. The molecule has 2 N–H and O–H groups in total. The number of amides is 2. The Morgan fingerprint density at radius 1 is 1.35 bits per heavy atom. The van der Waals surface area contributed by atoms with Gasteiger partial charge in [0.05, 0.1) is 25.3 Å². The summed E-state index contributed by atoms with van der Waals surface area (Å²) >= 11 is 3.32. The fourth-order valence-corrected chi connectivity index (χ4v) is 3.18. The van der Waals surface area contributed by atoms with E-state index < -0.39 is 0 Å². The van der Waals surface area contributed by atoms with E-state index >= 15 is 0 Å². The SMILES string of the molecule is O=C(CN1CCCC(C(=O)Nc2ccc(Br)cn2)C1)NCc1ccco1. The van der Waals surface area contributed by atoms with Crippen LogP contribution in [0.5, 0.6) is 0 Å². The Bertz CT molecular complexity index is 733. The molecule has 8 heteroatoms. The van der Waals surface area contributed by atoms with Crippen LogP contribution in [0.3, 0.4) is 0 Å². The Balaban J connectivity index is 1.46. The number of carbonyl (C=O) groups is 2. The number of likely N-dealkylation sites (tertiary alicyclic amines) is 1. The number of halogens is 1. The van der Waals surface area contributed by atoms with Gasteiger partial charge in [-0.3, -0.25) is 14.5 Å². The van der Waals surface area contributed by atoms with Crippen molar-refractivity contribution < 1.29 is 14.0 Å². The van der Waals surface area contributed by atoms with Gasteiger partial charge in [0, 0.05) is 17.2 Å². The van der Waals surface area contributed by atoms with Gasteiger partial charge in [-0.25, -0.2) is 4.98 Å². The van der Waals surface area contributed by atoms with Crippen LogP contribution in [-0.4, -0.2) is 41.3 Å². The molecule has 3 rings (SSSR count). The molecule has 1 atom stereocenters. The molecule has 138 valence electrons. The van der Waals surface area contributed by atoms with E-state index in [1.54, 1.807) is 24.6 Å². The Morgan fingerprint density at radius 2 is 2.23 bits per heavy atom. The van der Waals surface area contributed by atoms with Crippen LogP contribution in [-0.2, 0) is 16.1 Å². The van der Waals surface area contributed by atoms with E-state index in [9.17, 15) is 9.59 Å². The highest BCUT2D eigenvalue weighted by Gasteiger charge is 2.27. The summed E-state index contributed by atoms with van der Waals surface area (Å²) in [5, 5.41) is 5.68. The van der Waals surface area contributed by atoms with Crippen LogP contribution < -0.4 is 10.6 Å². The molecule has 1 saturated heterocycles. The summed E-state index contributed by atoms with van der Waals surface area (Å²) in [7, 11) is 0. The molecule has 0 radical (unpaired) electrons. The fourth-order valence-electron chi connectivity index (χ4n) is 2.95. The molecular weight excluding hydrogens is 400 g/mol. The molecule has 0 bridgehead atoms. The molecule has 26 heavy (non-hydrogen) atoms. The predicted molar refractivity (Wildman–Crippen MR) is 100 cm³/mol. The smallest absolute Gasteiger partial charge is 0.234 e. The maximum Gasteiger partial charge on any atom is 0.234 e. The molecule has 0 aromatic carbocycles. The van der Waals surface area contributed by atoms with Crippen molar-refractivity contribution in [2.45, 2.75) is 19.4 Å². The van der Waals surface area contributed by atoms with Crippen LogP contribution in [0, 0.1) is 5.92 Å². The first-order chi connectivity index (χ1) is 12.6. The molecule has 0 spiro atoms. The first kappa shape index (κ1) is 18.6. The molecule has 2 amide bonds. The van der Waals surface area contributed by atoms with Gasteiger partial charge in [0.2, 0.25) is 11.8 Å². The lowest BCUT2D eigenvalue weighted by molar-refractivity contribution is -0.126. The van der Waals surface area contributed by atoms with Crippen molar-refractivity contribution in [3.8, 4) is 0 Å². The summed E-state index contributed by atoms with van der Waals surface area (Å²) in [4.78, 5) is 30.7. The molecule has 7 nitrogen and oxygen atoms in total. The third-order valence-corrected chi connectivity index (χ3v) is 4.73. The lowest BCUT2D eigenvalue weighted by atomic mass is 9.97. The van der Waals surface area contributed by atoms with Crippen molar-refractivity contribution in [2.24, 2.45) is 5.92 Å². The van der Waals surface area contributed by atoms with Crippen molar-refractivity contribution in [3.05, 3.63) is 47.0 Å². The molecule has 1 unspecified atom stereocenters. The minimum absolute atomic E-state index is 0.0551. The number of piperidine rings is 1. The second kappa shape index (κ2) is 8.95. The molecule has 3 heterocycles. The van der Waals surface area contributed by atoms with Crippen molar-refractivity contribution in [1.82, 2.24) is 15.2 Å². The van der Waals surface area contributed by atoms with Crippen molar-refractivity contribution in [3.63, 3.8) is 0 Å². The topological polar surface area (TPSA) is 87.5 Å². The predicted octanol–water partition coefficient (Wildman–Crippen LogP) is 2.40. The van der Waals surface area contributed by atoms with Gasteiger partial charge in [-0.15, -0.1) is 0 Å². The van der Waals surface area contributed by atoms with Crippen LogP contribution in [0.1, 0.15) is 18.6 Å². The maximum absolute atomic E-state index is 12.5. The zero-order chi connectivity index (χ0) is 18.4. The van der Waals surface area contributed by atoms with Gasteiger partial charge in [0.1, 0.15) is 11.6 Å². The molecule has 2 aromatic rings. The van der Waals surface area contributed by atoms with Crippen molar-refractivity contribution in [1.29, 1.82) is 0 Å². The number of carbonyl (C=O) groups excluding carboxylic acids is 2. The molecule has 1 aliphatic heterocycles. The molecule has 0 aliphatic carbocycles. The zero-order valence-corrected chi connectivity index (χ0v) is 15.9. The first-order valence-corrected chi connectivity index (χ1v) is 9.33. The number of nitrogens with zero attached hydrogens (tertiary/aromatic N) is 2. The van der Waals surface area contributed by atoms with Gasteiger partial charge in [0.25, 0.3) is 0 Å². The third kappa shape index (κ3) is 5.40. The quantitative estimate of drug-likeness (QED) is 0.748. The number of hydrogen-bond acceptors (Lipinski definition) is 5. The van der Waals surface area contributed by atoms with Gasteiger partial charge < -0.3 is 15.1 Å². The number of pyridine rings is 1. The average Bonchev–Trinajstić information content (AvgIpc) is 3.16. The number of nitrogens with one attached hydrogen (secondary N) is 2. The summed E-state index contributed by atoms with van der Waals surface area (Å²) in [5.74, 6) is 0.979. The maximum atomic E-state index is 12.5. The van der Waals surface area contributed by atoms with Crippen molar-refractivity contribution in [2.75, 3.05) is 25.0 Å². The van der Waals surface area contributed by atoms with E-state index in [-0.39, 0.29) is 24.3 Å². The highest BCUT2D eigenvalue weighted by molar-refractivity contribution is 9.10. The van der Waals surface area contributed by atoms with Gasteiger partial charge in [0.15, 0.2) is 0 Å². The molecule has 1 aliphatic rings. The highest BCUT2D eigenvalue weighted by Crippen LogP contribution is 2.18. The average molecular weight is 421 g/mol. The van der Waals surface area contributed by atoms with Gasteiger partial charge in [-0.1, -0.05) is 0 Å². The lowest BCUT2D eigenvalue weighted by Gasteiger charge is -2.31. The number of hydrogen-bond donors (Lipinski definition) is 2. The van der Waals surface area contributed by atoms with Crippen LogP contribution >= 0.6 is 15.9 Å². The zero-order valence-electron chi connectivity index (χ0n) is 14.3. The molecule has 0 saturated carbocycles. The fraction of sp³-hybridized carbons (Fsp3) is 0.389. The van der Waals surface area contributed by atoms with Crippen LogP contribution in [0.2, 0.25) is 0 Å². The van der Waals surface area contributed by atoms with E-state index in [1.807, 2.05) is 17.0 Å². The minimum Gasteiger partial charge on any atom is -0.467 e. The monoisotopic (exact) mass is 420 g/mol. The largest absolute Gasteiger partial charge is 0.467 e. The van der Waals surface area contributed by atoms with Gasteiger partial charge in [-0.05, 0) is 59.6 Å². The Morgan fingerprint density at radius 3 is 2.96 bits per heavy atom. The summed E-state index contributed by atoms with van der Waals surface area (Å²) in [6, 6.07) is 7.19. The van der Waals surface area contributed by atoms with E-state index in [4.69, 9.17) is 4.42 Å². The van der Waals surface area contributed by atoms with Crippen LogP contribution in [0.4, 0.5) is 5.82 Å². The second-order valence-corrected chi connectivity index (χ2v) is 7.20. The molecular formula is C18H21BrN4O3. The summed E-state index contributed by atoms with van der Waals surface area (Å²) in [6.45, 7) is 2.03. The van der Waals surface area contributed by atoms with E-state index in [0.717, 1.165) is 29.6 Å². The second-order valence-electron chi connectivity index (χ2n) is 6.28. The van der Waals surface area contributed by atoms with E-state index in [0.29, 0.717) is 18.9 Å². The number of furan rings is 1.